The van der Waals surface area contributed by atoms with Gasteiger partial charge in [-0.3, -0.25) is 9.36 Å². The number of carbonyl (C=O) groups excluding carboxylic acids is 1. The maximum Gasteiger partial charge on any atom is 0.237 e. The van der Waals surface area contributed by atoms with E-state index in [1.807, 2.05) is 0 Å². The number of ether oxygens (including phenoxy) is 2. The van der Waals surface area contributed by atoms with Crippen molar-refractivity contribution in [1.29, 1.82) is 5.26 Å². The van der Waals surface area contributed by atoms with E-state index in [-0.39, 0.29) is 30.4 Å². The lowest BCUT2D eigenvalue weighted by Gasteiger charge is -2.24. The highest BCUT2D eigenvalue weighted by Gasteiger charge is 2.20. The molecule has 3 aromatic rings. The summed E-state index contributed by atoms with van der Waals surface area (Å²) in [5.74, 6) is 0.791. The molecule has 0 saturated heterocycles. The highest BCUT2D eigenvalue weighted by atomic mass is 32.2. The van der Waals surface area contributed by atoms with Crippen molar-refractivity contribution < 1.29 is 18.7 Å². The smallest absolute Gasteiger partial charge is 0.237 e. The van der Waals surface area contributed by atoms with Gasteiger partial charge in [-0.1, -0.05) is 17.8 Å². The molecule has 0 unspecified atom stereocenters. The number of nitrogens with zero attached hydrogens (tertiary/aromatic N) is 4. The number of rotatable bonds is 7. The fraction of sp³-hybridized carbons (Fsp3) is 0.227. The lowest BCUT2D eigenvalue weighted by molar-refractivity contribution is -0.116. The fourth-order valence-electron chi connectivity index (χ4n) is 3.18. The van der Waals surface area contributed by atoms with Crippen molar-refractivity contribution in [2.24, 2.45) is 0 Å². The Bertz CT molecular complexity index is 1130. The van der Waals surface area contributed by atoms with Gasteiger partial charge in [0.1, 0.15) is 19.0 Å². The molecule has 4 rings (SSSR count). The van der Waals surface area contributed by atoms with Crippen LogP contribution in [0.4, 0.5) is 10.1 Å². The molecule has 0 radical (unpaired) electrons. The molecule has 0 bridgehead atoms. The Labute approximate surface area is 183 Å². The van der Waals surface area contributed by atoms with Crippen LogP contribution in [0.3, 0.4) is 0 Å². The van der Waals surface area contributed by atoms with E-state index in [1.54, 1.807) is 52.2 Å². The van der Waals surface area contributed by atoms with Gasteiger partial charge in [-0.15, -0.1) is 0 Å². The third-order valence-corrected chi connectivity index (χ3v) is 5.56. The average Bonchev–Trinajstić information content (AvgIpc) is 3.26. The first-order valence-corrected chi connectivity index (χ1v) is 10.6. The van der Waals surface area contributed by atoms with E-state index in [0.717, 1.165) is 0 Å². The normalized spacial score (nSPS) is 12.3. The van der Waals surface area contributed by atoms with Crippen molar-refractivity contribution in [2.45, 2.75) is 11.6 Å². The minimum absolute atomic E-state index is 0.103. The van der Waals surface area contributed by atoms with Gasteiger partial charge in [0.25, 0.3) is 0 Å². The molecular formula is C22H19FN4O3S. The molecule has 0 aliphatic carbocycles. The van der Waals surface area contributed by atoms with Crippen LogP contribution in [-0.2, 0) is 4.79 Å². The van der Waals surface area contributed by atoms with Gasteiger partial charge in [0.15, 0.2) is 16.7 Å². The lowest BCUT2D eigenvalue weighted by atomic mass is 10.2. The molecule has 1 aromatic heterocycles. The number of hydrogen-bond donors (Lipinski definition) is 0. The molecule has 2 aromatic carbocycles. The van der Waals surface area contributed by atoms with Gasteiger partial charge in [0, 0.05) is 30.7 Å². The highest BCUT2D eigenvalue weighted by Crippen LogP contribution is 2.34. The summed E-state index contributed by atoms with van der Waals surface area (Å²) in [4.78, 5) is 18.9. The summed E-state index contributed by atoms with van der Waals surface area (Å²) in [6, 6.07) is 13.5. The van der Waals surface area contributed by atoms with E-state index >= 15 is 0 Å². The maximum absolute atomic E-state index is 13.6. The number of amides is 1. The van der Waals surface area contributed by atoms with Crippen LogP contribution in [-0.4, -0.2) is 41.0 Å². The molecule has 9 heteroatoms. The van der Waals surface area contributed by atoms with Crippen molar-refractivity contribution >= 4 is 23.4 Å². The predicted molar refractivity (Wildman–Crippen MR) is 114 cm³/mol. The van der Waals surface area contributed by atoms with Gasteiger partial charge in [0.05, 0.1) is 23.9 Å². The van der Waals surface area contributed by atoms with E-state index in [1.165, 1.54) is 23.9 Å². The standard InChI is InChI=1S/C22H19FN4O3S/c23-16-3-1-4-17(13-16)27-10-8-25-22(27)31-15-21(28)26(9-2-7-24)18-5-6-19-20(14-18)30-12-11-29-19/h1,3-6,8,10,13-14H,2,9,11-12,15H2. The zero-order valence-corrected chi connectivity index (χ0v) is 17.3. The topological polar surface area (TPSA) is 80.4 Å². The van der Waals surface area contributed by atoms with Crippen LogP contribution in [0.25, 0.3) is 5.69 Å². The molecule has 1 amide bonds. The van der Waals surface area contributed by atoms with Gasteiger partial charge in [-0.05, 0) is 30.3 Å². The Balaban J connectivity index is 1.51. The molecule has 0 fully saturated rings. The van der Waals surface area contributed by atoms with Gasteiger partial charge < -0.3 is 14.4 Å². The number of imidazole rings is 1. The maximum atomic E-state index is 13.6. The summed E-state index contributed by atoms with van der Waals surface area (Å²) in [5, 5.41) is 9.59. The van der Waals surface area contributed by atoms with Crippen LogP contribution in [0.5, 0.6) is 11.5 Å². The molecule has 1 aliphatic rings. The molecule has 0 saturated carbocycles. The van der Waals surface area contributed by atoms with E-state index < -0.39 is 0 Å². The molecular weight excluding hydrogens is 419 g/mol. The molecule has 1 aliphatic heterocycles. The molecule has 158 valence electrons. The van der Waals surface area contributed by atoms with E-state index in [2.05, 4.69) is 11.1 Å². The van der Waals surface area contributed by atoms with Gasteiger partial charge in [-0.2, -0.15) is 5.26 Å². The number of aromatic nitrogens is 2. The summed E-state index contributed by atoms with van der Waals surface area (Å²) in [6.45, 7) is 1.19. The number of carbonyl (C=O) groups is 1. The van der Waals surface area contributed by atoms with Crippen LogP contribution >= 0.6 is 11.8 Å². The van der Waals surface area contributed by atoms with E-state index in [0.29, 0.717) is 41.2 Å². The minimum Gasteiger partial charge on any atom is -0.486 e. The average molecular weight is 438 g/mol. The van der Waals surface area contributed by atoms with Gasteiger partial charge in [-0.25, -0.2) is 9.37 Å². The van der Waals surface area contributed by atoms with Gasteiger partial charge >= 0.3 is 0 Å². The quantitative estimate of drug-likeness (QED) is 0.522. The number of anilines is 1. The number of nitriles is 1. The van der Waals surface area contributed by atoms with Crippen molar-refractivity contribution in [2.75, 3.05) is 30.4 Å². The SMILES string of the molecule is N#CCCN(C(=O)CSc1nccn1-c1cccc(F)c1)c1ccc2c(c1)OCCO2. The highest BCUT2D eigenvalue weighted by molar-refractivity contribution is 7.99. The van der Waals surface area contributed by atoms with Crippen molar-refractivity contribution in [3.8, 4) is 23.3 Å². The predicted octanol–water partition coefficient (Wildman–Crippen LogP) is 3.82. The largest absolute Gasteiger partial charge is 0.486 e. The Kier molecular flexibility index (Phi) is 6.38. The molecule has 0 N–H and O–H groups in total. The summed E-state index contributed by atoms with van der Waals surface area (Å²) in [6.07, 6.45) is 3.52. The Hall–Kier alpha value is -3.51. The number of fused-ring (bicyclic) bond motifs is 1. The van der Waals surface area contributed by atoms with Crippen molar-refractivity contribution in [1.82, 2.24) is 9.55 Å². The third kappa shape index (κ3) is 4.81. The van der Waals surface area contributed by atoms with Crippen LogP contribution in [0.1, 0.15) is 6.42 Å². The Morgan fingerprint density at radius 1 is 1.23 bits per heavy atom. The Morgan fingerprint density at radius 3 is 2.87 bits per heavy atom. The second-order valence-corrected chi connectivity index (χ2v) is 7.57. The first-order chi connectivity index (χ1) is 15.2. The first-order valence-electron chi connectivity index (χ1n) is 9.65. The third-order valence-electron chi connectivity index (χ3n) is 4.60. The van der Waals surface area contributed by atoms with E-state index in [9.17, 15) is 9.18 Å². The zero-order chi connectivity index (χ0) is 21.6. The fourth-order valence-corrected chi connectivity index (χ4v) is 4.03. The first kappa shape index (κ1) is 20.8. The van der Waals surface area contributed by atoms with Gasteiger partial charge in [0.2, 0.25) is 5.91 Å². The summed E-state index contributed by atoms with van der Waals surface area (Å²) < 4.78 is 26.5. The molecule has 0 spiro atoms. The van der Waals surface area contributed by atoms with Crippen molar-refractivity contribution in [3.05, 3.63) is 60.7 Å². The molecule has 7 nitrogen and oxygen atoms in total. The van der Waals surface area contributed by atoms with Crippen molar-refractivity contribution in [3.63, 3.8) is 0 Å². The number of thioether (sulfide) groups is 1. The Morgan fingerprint density at radius 2 is 2.06 bits per heavy atom. The number of hydrogen-bond acceptors (Lipinski definition) is 6. The second-order valence-electron chi connectivity index (χ2n) is 6.63. The number of halogens is 1. The van der Waals surface area contributed by atoms with Crippen LogP contribution in [0.15, 0.2) is 60.0 Å². The second kappa shape index (κ2) is 9.53. The van der Waals surface area contributed by atoms with Crippen LogP contribution in [0, 0.1) is 17.1 Å². The van der Waals surface area contributed by atoms with E-state index in [4.69, 9.17) is 14.7 Å². The summed E-state index contributed by atoms with van der Waals surface area (Å²) >= 11 is 1.25. The molecule has 31 heavy (non-hydrogen) atoms. The zero-order valence-electron chi connectivity index (χ0n) is 16.5. The summed E-state index contributed by atoms with van der Waals surface area (Å²) in [5.41, 5.74) is 1.26. The monoisotopic (exact) mass is 438 g/mol. The molecule has 0 atom stereocenters. The minimum atomic E-state index is -0.348. The van der Waals surface area contributed by atoms with Crippen LogP contribution in [0.2, 0.25) is 0 Å². The summed E-state index contributed by atoms with van der Waals surface area (Å²) in [7, 11) is 0. The molecule has 2 heterocycles. The van der Waals surface area contributed by atoms with Crippen LogP contribution < -0.4 is 14.4 Å². The number of benzene rings is 2. The lowest BCUT2D eigenvalue weighted by Crippen LogP contribution is -2.33.